The number of anilines is 1. The first-order valence-electron chi connectivity index (χ1n) is 12.6. The van der Waals surface area contributed by atoms with E-state index in [0.717, 1.165) is 32.4 Å². The molecule has 0 spiro atoms. The van der Waals surface area contributed by atoms with Crippen LogP contribution in [0.25, 0.3) is 0 Å². The maximum Gasteiger partial charge on any atom is 0.404 e. The lowest BCUT2D eigenvalue weighted by Gasteiger charge is -2.32. The van der Waals surface area contributed by atoms with E-state index in [0.29, 0.717) is 12.8 Å². The Bertz CT molecular complexity index is 1400. The maximum absolute atomic E-state index is 14.2. The van der Waals surface area contributed by atoms with Gasteiger partial charge in [0.1, 0.15) is 5.82 Å². The van der Waals surface area contributed by atoms with Gasteiger partial charge >= 0.3 is 6.18 Å². The number of hydrogen-bond donors (Lipinski definition) is 1. The van der Waals surface area contributed by atoms with Crippen molar-refractivity contribution >= 4 is 15.7 Å². The fourth-order valence-corrected chi connectivity index (χ4v) is 7.10. The molecule has 38 heavy (non-hydrogen) atoms. The van der Waals surface area contributed by atoms with Crippen molar-refractivity contribution in [1.29, 1.82) is 0 Å². The Hall–Kier alpha value is -3.11. The molecular weight excluding hydrogens is 518 g/mol. The molecule has 2 aromatic carbocycles. The van der Waals surface area contributed by atoms with Crippen LogP contribution < -0.4 is 10.4 Å². The number of allylic oxidation sites excluding steroid dienone is 3. The third-order valence-corrected chi connectivity index (χ3v) is 9.28. The summed E-state index contributed by atoms with van der Waals surface area (Å²) in [6.07, 6.45) is 0.503. The average molecular weight is 548 g/mol. The minimum atomic E-state index is -4.87. The van der Waals surface area contributed by atoms with E-state index in [9.17, 15) is 26.0 Å². The zero-order valence-electron chi connectivity index (χ0n) is 20.9. The predicted octanol–water partition coefficient (Wildman–Crippen LogP) is 5.71. The lowest BCUT2D eigenvalue weighted by Crippen LogP contribution is -2.42. The number of para-hydroxylation sites is 1. The molecule has 0 radical (unpaired) electrons. The summed E-state index contributed by atoms with van der Waals surface area (Å²) in [6, 6.07) is 15.8. The van der Waals surface area contributed by atoms with Crippen LogP contribution >= 0.6 is 0 Å². The van der Waals surface area contributed by atoms with Crippen LogP contribution in [0.3, 0.4) is 0 Å². The summed E-state index contributed by atoms with van der Waals surface area (Å²) >= 11 is 0. The average Bonchev–Trinajstić information content (AvgIpc) is 3.46. The zero-order valence-corrected chi connectivity index (χ0v) is 21.7. The minimum Gasteiger partial charge on any atom is -0.301 e. The monoisotopic (exact) mass is 547 g/mol. The Morgan fingerprint density at radius 2 is 1.79 bits per heavy atom. The number of fused-ring (bicyclic) bond motifs is 1. The molecule has 2 aromatic rings. The number of nitrogens with one attached hydrogen (secondary N) is 1. The van der Waals surface area contributed by atoms with Crippen LogP contribution in [0.15, 0.2) is 89.3 Å². The molecule has 2 aliphatic carbocycles. The third kappa shape index (κ3) is 5.37. The second kappa shape index (κ2) is 10.2. The van der Waals surface area contributed by atoms with Gasteiger partial charge in [0.15, 0.2) is 5.75 Å². The van der Waals surface area contributed by atoms with Gasteiger partial charge in [-0.15, -0.1) is 0 Å². The number of sulfonamides is 1. The second-order valence-corrected chi connectivity index (χ2v) is 11.9. The highest BCUT2D eigenvalue weighted by molar-refractivity contribution is 7.89. The van der Waals surface area contributed by atoms with Gasteiger partial charge in [0, 0.05) is 30.8 Å². The lowest BCUT2D eigenvalue weighted by atomic mass is 9.80. The summed E-state index contributed by atoms with van der Waals surface area (Å²) in [5.74, 6) is -2.70. The van der Waals surface area contributed by atoms with Gasteiger partial charge in [-0.1, -0.05) is 48.9 Å². The van der Waals surface area contributed by atoms with Gasteiger partial charge in [0.05, 0.1) is 11.4 Å². The van der Waals surface area contributed by atoms with Gasteiger partial charge in [0.25, 0.3) is 0 Å². The van der Waals surface area contributed by atoms with Crippen molar-refractivity contribution in [3.63, 3.8) is 0 Å². The summed E-state index contributed by atoms with van der Waals surface area (Å²) in [5.41, 5.74) is 8.78. The largest absolute Gasteiger partial charge is 0.404 e. The molecule has 0 saturated heterocycles. The Morgan fingerprint density at radius 3 is 2.50 bits per heavy atom. The number of halogens is 4. The molecule has 5 nitrogen and oxygen atoms in total. The standard InChI is InChI=1S/C28H29F4N3O2S/c1-19-24-16-33-35(23-8-3-2-4-9-23)26(24)15-21-11-12-22(27(19)21)17-34(38(36,37)18-28(30,31)32)14-13-20-7-5-6-10-25(20)29/h2-10,15-16,19,22,33H,11-14,17-18H2,1H3/t19-,22+/m0/s1. The van der Waals surface area contributed by atoms with E-state index in [1.165, 1.54) is 18.2 Å². The maximum atomic E-state index is 14.2. The Kier molecular flexibility index (Phi) is 7.13. The molecule has 202 valence electrons. The van der Waals surface area contributed by atoms with Crippen molar-refractivity contribution in [3.8, 4) is 0 Å². The van der Waals surface area contributed by atoms with E-state index >= 15 is 0 Å². The Labute approximate surface area is 220 Å². The quantitative estimate of drug-likeness (QED) is 0.430. The van der Waals surface area contributed by atoms with E-state index in [2.05, 4.69) is 18.4 Å². The highest BCUT2D eigenvalue weighted by Crippen LogP contribution is 2.48. The van der Waals surface area contributed by atoms with Crippen LogP contribution in [0.2, 0.25) is 0 Å². The predicted molar refractivity (Wildman–Crippen MR) is 139 cm³/mol. The smallest absolute Gasteiger partial charge is 0.301 e. The summed E-state index contributed by atoms with van der Waals surface area (Å²) in [4.78, 5) is 0. The molecule has 1 heterocycles. The van der Waals surface area contributed by atoms with Gasteiger partial charge < -0.3 is 5.43 Å². The fourth-order valence-electron chi connectivity index (χ4n) is 5.73. The summed E-state index contributed by atoms with van der Waals surface area (Å²) in [7, 11) is -4.66. The van der Waals surface area contributed by atoms with Crippen molar-refractivity contribution in [1.82, 2.24) is 9.73 Å². The van der Waals surface area contributed by atoms with Crippen molar-refractivity contribution < 1.29 is 26.0 Å². The number of nitrogens with zero attached hydrogens (tertiary/aromatic N) is 2. The number of benzene rings is 2. The molecule has 0 bridgehead atoms. The number of hydrogen-bond acceptors (Lipinski definition) is 4. The highest BCUT2D eigenvalue weighted by atomic mass is 32.2. The van der Waals surface area contributed by atoms with Crippen molar-refractivity contribution in [2.24, 2.45) is 11.8 Å². The molecule has 0 saturated carbocycles. The molecule has 0 fully saturated rings. The molecule has 10 heteroatoms. The van der Waals surface area contributed by atoms with Crippen LogP contribution in [-0.2, 0) is 16.4 Å². The molecule has 0 unspecified atom stereocenters. The van der Waals surface area contributed by atoms with E-state index in [4.69, 9.17) is 0 Å². The molecule has 5 rings (SSSR count). The zero-order chi connectivity index (χ0) is 27.1. The van der Waals surface area contributed by atoms with Crippen LogP contribution in [0.4, 0.5) is 23.2 Å². The molecule has 2 atom stereocenters. The van der Waals surface area contributed by atoms with Crippen LogP contribution in [0.1, 0.15) is 25.3 Å². The number of rotatable bonds is 8. The van der Waals surface area contributed by atoms with Gasteiger partial charge in [-0.05, 0) is 60.6 Å². The minimum absolute atomic E-state index is 0.0108. The molecule has 0 aromatic heterocycles. The van der Waals surface area contributed by atoms with Crippen LogP contribution in [-0.4, -0.2) is 37.7 Å². The first kappa shape index (κ1) is 26.5. The SMILES string of the molecule is C[C@H]1C2=CNN(c3ccccc3)C2=CC2=C1[C@@H](CN(CCc1ccccc1F)S(=O)(=O)CC(F)(F)F)CC2. The van der Waals surface area contributed by atoms with E-state index in [-0.39, 0.29) is 36.9 Å². The van der Waals surface area contributed by atoms with E-state index < -0.39 is 27.8 Å². The van der Waals surface area contributed by atoms with Crippen molar-refractivity contribution in [2.75, 3.05) is 23.9 Å². The molecule has 3 aliphatic rings. The van der Waals surface area contributed by atoms with E-state index in [1.54, 1.807) is 6.07 Å². The first-order chi connectivity index (χ1) is 18.0. The molecular formula is C28H29F4N3O2S. The molecule has 1 N–H and O–H groups in total. The summed E-state index contributed by atoms with van der Waals surface area (Å²) in [6.45, 7) is 1.76. The summed E-state index contributed by atoms with van der Waals surface area (Å²) in [5, 5.41) is 2.00. The Morgan fingerprint density at radius 1 is 1.08 bits per heavy atom. The lowest BCUT2D eigenvalue weighted by molar-refractivity contribution is -0.107. The molecule has 0 amide bonds. The van der Waals surface area contributed by atoms with Gasteiger partial charge in [0.2, 0.25) is 10.0 Å². The van der Waals surface area contributed by atoms with Gasteiger partial charge in [-0.3, -0.25) is 5.01 Å². The van der Waals surface area contributed by atoms with Crippen molar-refractivity contribution in [3.05, 3.63) is 101 Å². The van der Waals surface area contributed by atoms with Crippen LogP contribution in [0.5, 0.6) is 0 Å². The van der Waals surface area contributed by atoms with Gasteiger partial charge in [-0.25, -0.2) is 17.1 Å². The molecule has 1 aliphatic heterocycles. The van der Waals surface area contributed by atoms with E-state index in [1.807, 2.05) is 41.5 Å². The third-order valence-electron chi connectivity index (χ3n) is 7.47. The van der Waals surface area contributed by atoms with Crippen LogP contribution in [0, 0.1) is 17.7 Å². The highest BCUT2D eigenvalue weighted by Gasteiger charge is 2.42. The fraction of sp³-hybridized carbons (Fsp3) is 0.357. The second-order valence-electron chi connectivity index (χ2n) is 9.94. The topological polar surface area (TPSA) is 52.6 Å². The van der Waals surface area contributed by atoms with Crippen molar-refractivity contribution in [2.45, 2.75) is 32.4 Å². The normalized spacial score (nSPS) is 21.3. The Balaban J connectivity index is 1.41. The summed E-state index contributed by atoms with van der Waals surface area (Å²) < 4.78 is 80.6. The first-order valence-corrected chi connectivity index (χ1v) is 14.2. The van der Waals surface area contributed by atoms with Gasteiger partial charge in [-0.2, -0.15) is 13.2 Å². The number of alkyl halides is 3. The number of hydrazine groups is 1.